The minimum atomic E-state index is -0.796. The van der Waals surface area contributed by atoms with Crippen LogP contribution < -0.4 is 0 Å². The smallest absolute Gasteiger partial charge is 0.326 e. The highest BCUT2D eigenvalue weighted by molar-refractivity contribution is 5.80. The van der Waals surface area contributed by atoms with Crippen molar-refractivity contribution in [3.8, 4) is 0 Å². The van der Waals surface area contributed by atoms with Gasteiger partial charge < -0.3 is 9.67 Å². The molecule has 102 valence electrons. The number of rotatable bonds is 5. The summed E-state index contributed by atoms with van der Waals surface area (Å²) in [7, 11) is 0. The molecular weight excluding hydrogens is 240 g/mol. The number of fused-ring (bicyclic) bond motifs is 1. The number of carbonyl (C=O) groups is 1. The zero-order chi connectivity index (χ0) is 14.0. The van der Waals surface area contributed by atoms with Gasteiger partial charge in [-0.1, -0.05) is 32.9 Å². The lowest BCUT2D eigenvalue weighted by atomic mass is 10.1. The summed E-state index contributed by atoms with van der Waals surface area (Å²) in [5, 5.41) is 9.41. The molecule has 1 heterocycles. The zero-order valence-corrected chi connectivity index (χ0v) is 11.6. The summed E-state index contributed by atoms with van der Waals surface area (Å²) in [6.45, 7) is 6.13. The minimum absolute atomic E-state index is 0.446. The van der Waals surface area contributed by atoms with Crippen molar-refractivity contribution in [2.75, 3.05) is 0 Å². The maximum absolute atomic E-state index is 11.5. The van der Waals surface area contributed by atoms with Gasteiger partial charge in [0.1, 0.15) is 11.9 Å². The number of aromatic nitrogens is 2. The molecule has 2 rings (SSSR count). The van der Waals surface area contributed by atoms with Gasteiger partial charge in [0.05, 0.1) is 11.0 Å². The van der Waals surface area contributed by atoms with Crippen molar-refractivity contribution in [2.45, 2.75) is 39.7 Å². The number of imidazole rings is 1. The van der Waals surface area contributed by atoms with Gasteiger partial charge in [0.2, 0.25) is 0 Å². The average Bonchev–Trinajstić information content (AvgIpc) is 2.68. The van der Waals surface area contributed by atoms with Crippen molar-refractivity contribution in [3.63, 3.8) is 0 Å². The molecule has 0 radical (unpaired) electrons. The molecule has 1 aromatic carbocycles. The van der Waals surface area contributed by atoms with Gasteiger partial charge in [0, 0.05) is 6.42 Å². The highest BCUT2D eigenvalue weighted by Gasteiger charge is 2.23. The topological polar surface area (TPSA) is 55.1 Å². The summed E-state index contributed by atoms with van der Waals surface area (Å²) in [4.78, 5) is 16.1. The number of aliphatic carboxylic acids is 1. The molecule has 0 amide bonds. The molecule has 4 nitrogen and oxygen atoms in total. The number of hydrogen-bond donors (Lipinski definition) is 1. The summed E-state index contributed by atoms with van der Waals surface area (Å²) >= 11 is 0. The largest absolute Gasteiger partial charge is 0.480 e. The Morgan fingerprint density at radius 3 is 2.63 bits per heavy atom. The molecule has 0 aliphatic rings. The molecule has 2 aromatic rings. The normalized spacial score (nSPS) is 13.1. The third kappa shape index (κ3) is 2.62. The van der Waals surface area contributed by atoms with Gasteiger partial charge in [-0.3, -0.25) is 0 Å². The van der Waals surface area contributed by atoms with Crippen LogP contribution >= 0.6 is 0 Å². The van der Waals surface area contributed by atoms with Gasteiger partial charge in [0.25, 0.3) is 0 Å². The number of nitrogens with zero attached hydrogens (tertiary/aromatic N) is 2. The Hall–Kier alpha value is -1.84. The second kappa shape index (κ2) is 5.43. The van der Waals surface area contributed by atoms with E-state index < -0.39 is 12.0 Å². The molecule has 1 N–H and O–H groups in total. The van der Waals surface area contributed by atoms with E-state index in [9.17, 15) is 9.90 Å². The van der Waals surface area contributed by atoms with Gasteiger partial charge in [-0.15, -0.1) is 0 Å². The zero-order valence-electron chi connectivity index (χ0n) is 11.6. The van der Waals surface area contributed by atoms with E-state index in [1.165, 1.54) is 0 Å². The van der Waals surface area contributed by atoms with E-state index in [1.54, 1.807) is 0 Å². The van der Waals surface area contributed by atoms with Crippen LogP contribution in [0.3, 0.4) is 0 Å². The summed E-state index contributed by atoms with van der Waals surface area (Å²) in [6.07, 6.45) is 1.35. The Balaban J connectivity index is 2.62. The summed E-state index contributed by atoms with van der Waals surface area (Å²) in [5.41, 5.74) is 1.78. The molecule has 4 heteroatoms. The van der Waals surface area contributed by atoms with Crippen molar-refractivity contribution in [1.29, 1.82) is 0 Å². The Morgan fingerprint density at radius 1 is 1.37 bits per heavy atom. The van der Waals surface area contributed by atoms with Crippen LogP contribution in [0.15, 0.2) is 24.3 Å². The Kier molecular flexibility index (Phi) is 3.88. The van der Waals surface area contributed by atoms with Crippen LogP contribution in [-0.2, 0) is 11.2 Å². The molecule has 1 atom stereocenters. The summed E-state index contributed by atoms with van der Waals surface area (Å²) in [5.74, 6) is 0.517. The number of hydrogen-bond acceptors (Lipinski definition) is 2. The Labute approximate surface area is 113 Å². The van der Waals surface area contributed by atoms with Crippen LogP contribution in [0.25, 0.3) is 11.0 Å². The fraction of sp³-hybridized carbons (Fsp3) is 0.467. The van der Waals surface area contributed by atoms with Crippen molar-refractivity contribution in [2.24, 2.45) is 5.92 Å². The predicted octanol–water partition coefficient (Wildman–Crippen LogP) is 3.27. The van der Waals surface area contributed by atoms with Gasteiger partial charge in [-0.05, 0) is 24.5 Å². The maximum atomic E-state index is 11.5. The van der Waals surface area contributed by atoms with Crippen molar-refractivity contribution < 1.29 is 9.90 Å². The van der Waals surface area contributed by atoms with Crippen LogP contribution in [0.4, 0.5) is 0 Å². The molecule has 0 bridgehead atoms. The van der Waals surface area contributed by atoms with E-state index in [-0.39, 0.29) is 0 Å². The fourth-order valence-corrected chi connectivity index (χ4v) is 2.42. The first kappa shape index (κ1) is 13.6. The Bertz CT molecular complexity index is 587. The van der Waals surface area contributed by atoms with Crippen LogP contribution in [-0.4, -0.2) is 20.6 Å². The quantitative estimate of drug-likeness (QED) is 0.897. The first-order chi connectivity index (χ1) is 9.04. The van der Waals surface area contributed by atoms with Gasteiger partial charge in [-0.25, -0.2) is 9.78 Å². The average molecular weight is 260 g/mol. The number of benzene rings is 1. The monoisotopic (exact) mass is 260 g/mol. The molecule has 1 unspecified atom stereocenters. The molecule has 0 aliphatic heterocycles. The first-order valence-corrected chi connectivity index (χ1v) is 6.73. The van der Waals surface area contributed by atoms with E-state index >= 15 is 0 Å². The predicted molar refractivity (Wildman–Crippen MR) is 75.2 cm³/mol. The minimum Gasteiger partial charge on any atom is -0.480 e. The first-order valence-electron chi connectivity index (χ1n) is 6.73. The van der Waals surface area contributed by atoms with E-state index in [0.717, 1.165) is 23.3 Å². The SMILES string of the molecule is CCC(C(=O)O)n1c(CC(C)C)nc2ccccc21. The molecule has 0 saturated heterocycles. The lowest BCUT2D eigenvalue weighted by Crippen LogP contribution is -2.21. The van der Waals surface area contributed by atoms with Crippen LogP contribution in [0.5, 0.6) is 0 Å². The summed E-state index contributed by atoms with van der Waals surface area (Å²) < 4.78 is 1.89. The van der Waals surface area contributed by atoms with Gasteiger partial charge in [0.15, 0.2) is 0 Å². The molecular formula is C15H20N2O2. The maximum Gasteiger partial charge on any atom is 0.326 e. The molecule has 0 aliphatic carbocycles. The van der Waals surface area contributed by atoms with E-state index in [2.05, 4.69) is 18.8 Å². The Morgan fingerprint density at radius 2 is 2.05 bits per heavy atom. The summed E-state index contributed by atoms with van der Waals surface area (Å²) in [6, 6.07) is 7.19. The van der Waals surface area contributed by atoms with E-state index in [4.69, 9.17) is 0 Å². The van der Waals surface area contributed by atoms with Crippen LogP contribution in [0, 0.1) is 5.92 Å². The van der Waals surface area contributed by atoms with Crippen molar-refractivity contribution in [1.82, 2.24) is 9.55 Å². The standard InChI is InChI=1S/C15H20N2O2/c1-4-12(15(18)19)17-13-8-6-5-7-11(13)16-14(17)9-10(2)3/h5-8,10,12H,4,9H2,1-3H3,(H,18,19). The van der Waals surface area contributed by atoms with Crippen LogP contribution in [0.1, 0.15) is 39.1 Å². The van der Waals surface area contributed by atoms with E-state index in [1.807, 2.05) is 35.8 Å². The third-order valence-corrected chi connectivity index (χ3v) is 3.24. The number of para-hydroxylation sites is 2. The number of carboxylic acid groups (broad SMARTS) is 1. The van der Waals surface area contributed by atoms with Crippen LogP contribution in [0.2, 0.25) is 0 Å². The van der Waals surface area contributed by atoms with Crippen molar-refractivity contribution >= 4 is 17.0 Å². The van der Waals surface area contributed by atoms with Crippen molar-refractivity contribution in [3.05, 3.63) is 30.1 Å². The fourth-order valence-electron chi connectivity index (χ4n) is 2.42. The highest BCUT2D eigenvalue weighted by Crippen LogP contribution is 2.25. The molecule has 0 spiro atoms. The lowest BCUT2D eigenvalue weighted by molar-refractivity contribution is -0.140. The molecule has 19 heavy (non-hydrogen) atoms. The molecule has 1 aromatic heterocycles. The highest BCUT2D eigenvalue weighted by atomic mass is 16.4. The second-order valence-electron chi connectivity index (χ2n) is 5.25. The number of carboxylic acids is 1. The lowest BCUT2D eigenvalue weighted by Gasteiger charge is -2.17. The van der Waals surface area contributed by atoms with Gasteiger partial charge in [-0.2, -0.15) is 0 Å². The molecule has 0 saturated carbocycles. The third-order valence-electron chi connectivity index (χ3n) is 3.24. The molecule has 0 fully saturated rings. The second-order valence-corrected chi connectivity index (χ2v) is 5.25. The van der Waals surface area contributed by atoms with E-state index in [0.29, 0.717) is 12.3 Å². The van der Waals surface area contributed by atoms with Gasteiger partial charge >= 0.3 is 5.97 Å².